The largest absolute Gasteiger partial charge is 0.481 e. The van der Waals surface area contributed by atoms with Crippen molar-refractivity contribution < 1.29 is 93.0 Å². The van der Waals surface area contributed by atoms with Crippen molar-refractivity contribution in [1.82, 2.24) is 42.5 Å². The fourth-order valence-electron chi connectivity index (χ4n) is 5.64. The molecule has 10 atom stereocenters. The number of carbonyl (C=O) groups excluding carboxylic acids is 9. The predicted molar refractivity (Wildman–Crippen MR) is 241 cm³/mol. The summed E-state index contributed by atoms with van der Waals surface area (Å²) in [5.74, 6) is -16.6. The molecule has 0 aliphatic rings. The molecule has 29 nitrogen and oxygen atoms in total. The number of carbonyl (C=O) groups is 13. The van der Waals surface area contributed by atoms with Gasteiger partial charge in [0.1, 0.15) is 48.3 Å². The smallest absolute Gasteiger partial charge is 0.326 e. The molecule has 0 spiro atoms. The molecule has 0 radical (unpaired) electrons. The number of primary amides is 1. The van der Waals surface area contributed by atoms with Crippen LogP contribution in [0.5, 0.6) is 0 Å². The summed E-state index contributed by atoms with van der Waals surface area (Å²) in [6.45, 7) is 1.32. The third-order valence-electron chi connectivity index (χ3n) is 9.37. The van der Waals surface area contributed by atoms with Gasteiger partial charge in [-0.2, -0.15) is 23.5 Å². The van der Waals surface area contributed by atoms with E-state index in [0.717, 1.165) is 18.7 Å². The summed E-state index contributed by atoms with van der Waals surface area (Å²) in [5, 5.41) is 75.0. The van der Waals surface area contributed by atoms with Gasteiger partial charge in [-0.05, 0) is 63.5 Å². The third kappa shape index (κ3) is 25.0. The molecule has 0 saturated heterocycles. The Morgan fingerprint density at radius 1 is 0.464 bits per heavy atom. The second-order valence-electron chi connectivity index (χ2n) is 15.2. The molecule has 390 valence electrons. The molecule has 0 aromatic carbocycles. The van der Waals surface area contributed by atoms with Crippen LogP contribution in [0.1, 0.15) is 65.2 Å². The average molecular weight is 1030 g/mol. The van der Waals surface area contributed by atoms with E-state index < -0.39 is 183 Å². The number of thioether (sulfide) groups is 2. The molecular weight excluding hydrogens is 965 g/mol. The Balaban J connectivity index is 6.67. The van der Waals surface area contributed by atoms with Gasteiger partial charge in [-0.3, -0.25) is 57.5 Å². The molecule has 69 heavy (non-hydrogen) atoms. The molecule has 0 aliphatic heterocycles. The number of rotatable bonds is 35. The first-order valence-electron chi connectivity index (χ1n) is 20.8. The Hall–Kier alpha value is -6.31. The van der Waals surface area contributed by atoms with Crippen LogP contribution in [-0.2, 0) is 62.3 Å². The zero-order chi connectivity index (χ0) is 53.1. The van der Waals surface area contributed by atoms with Gasteiger partial charge in [0.15, 0.2) is 0 Å². The van der Waals surface area contributed by atoms with E-state index >= 15 is 0 Å². The summed E-state index contributed by atoms with van der Waals surface area (Å²) in [5.41, 5.74) is 10.7. The zero-order valence-electron chi connectivity index (χ0n) is 38.0. The number of aliphatic hydroxyl groups excluding tert-OH is 2. The summed E-state index contributed by atoms with van der Waals surface area (Å²) in [6.07, 6.45) is -3.77. The van der Waals surface area contributed by atoms with Gasteiger partial charge >= 0.3 is 23.9 Å². The van der Waals surface area contributed by atoms with Crippen LogP contribution >= 0.6 is 23.5 Å². The first-order chi connectivity index (χ1) is 32.2. The van der Waals surface area contributed by atoms with Crippen molar-refractivity contribution in [3.8, 4) is 0 Å². The lowest BCUT2D eigenvalue weighted by Crippen LogP contribution is -2.61. The molecule has 0 unspecified atom stereocenters. The molecule has 0 saturated carbocycles. The lowest BCUT2D eigenvalue weighted by atomic mass is 10.1. The van der Waals surface area contributed by atoms with Gasteiger partial charge in [-0.25, -0.2) is 4.79 Å². The maximum atomic E-state index is 13.8. The van der Waals surface area contributed by atoms with E-state index in [1.165, 1.54) is 18.7 Å². The second-order valence-corrected chi connectivity index (χ2v) is 17.1. The van der Waals surface area contributed by atoms with E-state index in [0.29, 0.717) is 5.75 Å². The highest BCUT2D eigenvalue weighted by molar-refractivity contribution is 7.98. The molecule has 0 heterocycles. The van der Waals surface area contributed by atoms with E-state index in [9.17, 15) is 93.0 Å². The van der Waals surface area contributed by atoms with Crippen LogP contribution < -0.4 is 54.0 Å². The number of carboxylic acid groups (broad SMARTS) is 4. The number of nitrogens with one attached hydrogen (secondary N) is 8. The minimum absolute atomic E-state index is 0.0330. The van der Waals surface area contributed by atoms with Crippen LogP contribution in [-0.4, -0.2) is 199 Å². The van der Waals surface area contributed by atoms with Gasteiger partial charge in [0.25, 0.3) is 0 Å². The van der Waals surface area contributed by atoms with Crippen molar-refractivity contribution in [2.24, 2.45) is 11.5 Å². The van der Waals surface area contributed by atoms with E-state index in [4.69, 9.17) is 11.5 Å². The molecule has 31 heteroatoms. The summed E-state index contributed by atoms with van der Waals surface area (Å²) >= 11 is 2.44. The maximum absolute atomic E-state index is 13.8. The average Bonchev–Trinajstić information content (AvgIpc) is 3.25. The van der Waals surface area contributed by atoms with Crippen LogP contribution in [0.4, 0.5) is 0 Å². The standard InChI is InChI=1S/C38H62N10O19S2/c1-16(39)30(58)47-24(15-49)36(64)45-22(13-25(40)51)34(62)42-18(5-7-26(52)53)31(59)46-23(14-28(56)57)35(63)43-20(9-11-68-3)32(60)41-19(6-8-27(54)55)33(61)48-29(17(2)50)37(65)44-21(38(66)67)10-12-69-4/h16-24,29,49-50H,5-15,39H2,1-4H3,(H2,40,51)(H,41,60)(H,42,62)(H,43,63)(H,44,65)(H,45,64)(H,46,59)(H,47,58)(H,48,61)(H,52,53)(H,54,55)(H,56,57)(H,66,67)/t16-,17+,18-,19-,20-,21-,22-,23-,24-,29-/m0/s1. The Kier molecular flexibility index (Phi) is 29.5. The molecule has 0 aliphatic carbocycles. The van der Waals surface area contributed by atoms with E-state index in [-0.39, 0.29) is 18.6 Å². The molecule has 0 aromatic rings. The maximum Gasteiger partial charge on any atom is 0.326 e. The number of nitrogens with two attached hydrogens (primary N) is 2. The molecule has 9 amide bonds. The van der Waals surface area contributed by atoms with Gasteiger partial charge in [-0.15, -0.1) is 0 Å². The number of amides is 9. The summed E-state index contributed by atoms with van der Waals surface area (Å²) in [7, 11) is 0. The Labute approximate surface area is 402 Å². The van der Waals surface area contributed by atoms with Gasteiger partial charge < -0.3 is 84.6 Å². The Morgan fingerprint density at radius 2 is 0.812 bits per heavy atom. The highest BCUT2D eigenvalue weighted by Crippen LogP contribution is 2.09. The number of aliphatic carboxylic acids is 4. The Bertz CT molecular complexity index is 1860. The SMILES string of the molecule is CSCC[C@H](NC(=O)[C@@H](NC(=O)[C@H](CCC(=O)O)NC(=O)[C@H](CCSC)NC(=O)[C@H](CC(=O)O)NC(=O)[C@H](CCC(=O)O)NC(=O)[C@H](CC(N)=O)NC(=O)[C@H](CO)NC(=O)[C@H](C)N)[C@@H](C)O)C(=O)O. The summed E-state index contributed by atoms with van der Waals surface area (Å²) < 4.78 is 0. The number of hydrogen-bond acceptors (Lipinski definition) is 18. The van der Waals surface area contributed by atoms with Gasteiger partial charge in [0.05, 0.1) is 31.6 Å². The van der Waals surface area contributed by atoms with Crippen LogP contribution in [0.2, 0.25) is 0 Å². The fraction of sp³-hybridized carbons (Fsp3) is 0.658. The lowest BCUT2D eigenvalue weighted by molar-refractivity contribution is -0.143. The molecule has 0 aromatic heterocycles. The van der Waals surface area contributed by atoms with Crippen molar-refractivity contribution in [2.45, 2.75) is 126 Å². The minimum Gasteiger partial charge on any atom is -0.481 e. The van der Waals surface area contributed by atoms with Gasteiger partial charge in [0, 0.05) is 12.8 Å². The normalized spacial score (nSPS) is 15.2. The topological polar surface area (TPSA) is 492 Å². The minimum atomic E-state index is -2.09. The quantitative estimate of drug-likeness (QED) is 0.0281. The third-order valence-corrected chi connectivity index (χ3v) is 10.7. The van der Waals surface area contributed by atoms with Crippen molar-refractivity contribution in [2.75, 3.05) is 30.6 Å². The monoisotopic (exact) mass is 1030 g/mol. The van der Waals surface area contributed by atoms with E-state index in [1.54, 1.807) is 12.5 Å². The predicted octanol–water partition coefficient (Wildman–Crippen LogP) is -6.74. The van der Waals surface area contributed by atoms with Crippen LogP contribution in [0.3, 0.4) is 0 Å². The number of aliphatic hydroxyl groups is 2. The van der Waals surface area contributed by atoms with Crippen LogP contribution in [0.25, 0.3) is 0 Å². The van der Waals surface area contributed by atoms with Crippen LogP contribution in [0.15, 0.2) is 0 Å². The van der Waals surface area contributed by atoms with Gasteiger partial charge in [0.2, 0.25) is 53.2 Å². The van der Waals surface area contributed by atoms with Crippen molar-refractivity contribution in [1.29, 1.82) is 0 Å². The van der Waals surface area contributed by atoms with E-state index in [1.807, 2.05) is 5.32 Å². The first-order valence-corrected chi connectivity index (χ1v) is 23.6. The fourth-order valence-corrected chi connectivity index (χ4v) is 6.59. The van der Waals surface area contributed by atoms with E-state index in [2.05, 4.69) is 37.2 Å². The molecule has 0 rings (SSSR count). The highest BCUT2D eigenvalue weighted by atomic mass is 32.2. The molecule has 0 fully saturated rings. The van der Waals surface area contributed by atoms with Crippen LogP contribution in [0, 0.1) is 0 Å². The second kappa shape index (κ2) is 32.4. The molecule has 18 N–H and O–H groups in total. The summed E-state index contributed by atoms with van der Waals surface area (Å²) in [6, 6.07) is -15.5. The number of hydrogen-bond donors (Lipinski definition) is 16. The first kappa shape index (κ1) is 62.7. The Morgan fingerprint density at radius 3 is 1.17 bits per heavy atom. The summed E-state index contributed by atoms with van der Waals surface area (Å²) in [4.78, 5) is 165. The van der Waals surface area contributed by atoms with Crippen molar-refractivity contribution in [3.05, 3.63) is 0 Å². The van der Waals surface area contributed by atoms with Crippen molar-refractivity contribution in [3.63, 3.8) is 0 Å². The molecule has 0 bridgehead atoms. The zero-order valence-corrected chi connectivity index (χ0v) is 39.6. The lowest BCUT2D eigenvalue weighted by Gasteiger charge is -2.28. The van der Waals surface area contributed by atoms with Crippen molar-refractivity contribution >= 4 is 101 Å². The highest BCUT2D eigenvalue weighted by Gasteiger charge is 2.36. The van der Waals surface area contributed by atoms with Gasteiger partial charge in [-0.1, -0.05) is 0 Å². The number of carboxylic acids is 4. The molecular formula is C38H62N10O19S2.